The van der Waals surface area contributed by atoms with Gasteiger partial charge in [-0.05, 0) is 56.1 Å². The van der Waals surface area contributed by atoms with Crippen LogP contribution in [0.3, 0.4) is 0 Å². The second kappa shape index (κ2) is 9.35. The van der Waals surface area contributed by atoms with Gasteiger partial charge in [-0.2, -0.15) is 13.2 Å². The van der Waals surface area contributed by atoms with Crippen LogP contribution in [0.5, 0.6) is 5.75 Å². The minimum Gasteiger partial charge on any atom is -0.497 e. The molecule has 11 heteroatoms. The molecule has 0 aliphatic carbocycles. The maximum absolute atomic E-state index is 13.8. The van der Waals surface area contributed by atoms with Crippen LogP contribution in [0.4, 0.5) is 17.6 Å². The van der Waals surface area contributed by atoms with Gasteiger partial charge in [0, 0.05) is 6.54 Å². The number of rotatable bonds is 7. The summed E-state index contributed by atoms with van der Waals surface area (Å²) >= 11 is 0. The van der Waals surface area contributed by atoms with E-state index >= 15 is 0 Å². The number of aromatic nitrogens is 3. The molecule has 1 atom stereocenters. The Hall–Kier alpha value is -3.47. The average Bonchev–Trinajstić information content (AvgIpc) is 3.20. The summed E-state index contributed by atoms with van der Waals surface area (Å²) in [6.45, 7) is 0.0267. The van der Waals surface area contributed by atoms with Crippen LogP contribution in [0.2, 0.25) is 0 Å². The van der Waals surface area contributed by atoms with Gasteiger partial charge in [-0.1, -0.05) is 17.3 Å². The van der Waals surface area contributed by atoms with E-state index in [1.54, 1.807) is 26.2 Å². The smallest absolute Gasteiger partial charge is 0.435 e. The van der Waals surface area contributed by atoms with E-state index in [1.807, 2.05) is 17.0 Å². The topological polar surface area (TPSA) is 72.3 Å². The van der Waals surface area contributed by atoms with E-state index in [9.17, 15) is 22.4 Å². The summed E-state index contributed by atoms with van der Waals surface area (Å²) in [5.74, 6) is -0.984. The highest BCUT2D eigenvalue weighted by molar-refractivity contribution is 5.93. The molecule has 0 fully saturated rings. The molecule has 1 unspecified atom stereocenters. The van der Waals surface area contributed by atoms with E-state index in [1.165, 1.54) is 7.11 Å². The first-order valence-corrected chi connectivity index (χ1v) is 9.49. The van der Waals surface area contributed by atoms with Gasteiger partial charge in [-0.3, -0.25) is 4.79 Å². The van der Waals surface area contributed by atoms with Crippen LogP contribution in [-0.2, 0) is 6.18 Å². The van der Waals surface area contributed by atoms with Crippen molar-refractivity contribution < 1.29 is 27.1 Å². The molecule has 170 valence electrons. The number of carbonyl (C=O) groups is 1. The number of ether oxygens (including phenoxy) is 1. The lowest BCUT2D eigenvalue weighted by Gasteiger charge is -2.25. The van der Waals surface area contributed by atoms with Crippen LogP contribution >= 0.6 is 0 Å². The molecule has 1 heterocycles. The van der Waals surface area contributed by atoms with Crippen molar-refractivity contribution in [3.05, 3.63) is 71.3 Å². The Morgan fingerprint density at radius 3 is 2.28 bits per heavy atom. The summed E-state index contributed by atoms with van der Waals surface area (Å²) < 4.78 is 60.0. The third-order valence-corrected chi connectivity index (χ3v) is 4.80. The quantitative estimate of drug-likeness (QED) is 0.557. The SMILES string of the molecule is COc1ccc(C(CNC(=O)c2nnn(-c3ccc(F)cc3)c2C(F)(F)F)N(C)C)cc1. The molecule has 3 aromatic rings. The monoisotopic (exact) mass is 451 g/mol. The van der Waals surface area contributed by atoms with Crippen LogP contribution in [0.15, 0.2) is 48.5 Å². The Labute approximate surface area is 181 Å². The Bertz CT molecular complexity index is 1060. The van der Waals surface area contributed by atoms with Crippen LogP contribution in [0.1, 0.15) is 27.8 Å². The zero-order valence-electron chi connectivity index (χ0n) is 17.5. The van der Waals surface area contributed by atoms with E-state index < -0.39 is 29.3 Å². The minimum absolute atomic E-state index is 0.0267. The van der Waals surface area contributed by atoms with Crippen LogP contribution < -0.4 is 10.1 Å². The number of hydrogen-bond donors (Lipinski definition) is 1. The Balaban J connectivity index is 1.85. The standard InChI is InChI=1S/C21H21F4N5O2/c1-29(2)17(13-4-10-16(32-3)11-5-13)12-26-20(31)18-19(21(23,24)25)30(28-27-18)15-8-6-14(22)7-9-15/h4-11,17H,12H2,1-3H3,(H,26,31). The van der Waals surface area contributed by atoms with Gasteiger partial charge in [0.05, 0.1) is 18.8 Å². The predicted octanol–water partition coefficient (Wildman–Crippen LogP) is 3.47. The van der Waals surface area contributed by atoms with Crippen molar-refractivity contribution in [2.24, 2.45) is 0 Å². The van der Waals surface area contributed by atoms with Gasteiger partial charge < -0.3 is 15.0 Å². The van der Waals surface area contributed by atoms with E-state index in [-0.39, 0.29) is 18.3 Å². The zero-order valence-corrected chi connectivity index (χ0v) is 17.5. The highest BCUT2D eigenvalue weighted by atomic mass is 19.4. The molecule has 32 heavy (non-hydrogen) atoms. The number of alkyl halides is 3. The first-order valence-electron chi connectivity index (χ1n) is 9.49. The van der Waals surface area contributed by atoms with Gasteiger partial charge in [-0.25, -0.2) is 9.07 Å². The maximum Gasteiger partial charge on any atom is 0.435 e. The summed E-state index contributed by atoms with van der Waals surface area (Å²) in [7, 11) is 5.11. The molecule has 2 aromatic carbocycles. The molecule has 0 saturated carbocycles. The van der Waals surface area contributed by atoms with E-state index in [2.05, 4.69) is 15.6 Å². The second-order valence-electron chi connectivity index (χ2n) is 7.14. The number of methoxy groups -OCH3 is 1. The minimum atomic E-state index is -4.92. The Kier molecular flexibility index (Phi) is 6.78. The lowest BCUT2D eigenvalue weighted by molar-refractivity contribution is -0.143. The zero-order chi connectivity index (χ0) is 23.5. The van der Waals surface area contributed by atoms with Crippen molar-refractivity contribution in [3.8, 4) is 11.4 Å². The van der Waals surface area contributed by atoms with Crippen LogP contribution in [0.25, 0.3) is 5.69 Å². The first kappa shape index (κ1) is 23.2. The summed E-state index contributed by atoms with van der Waals surface area (Å²) in [4.78, 5) is 14.5. The molecule has 1 amide bonds. The molecule has 0 aliphatic heterocycles. The van der Waals surface area contributed by atoms with E-state index in [4.69, 9.17) is 4.74 Å². The number of hydrogen-bond acceptors (Lipinski definition) is 5. The molecular formula is C21H21F4N5O2. The van der Waals surface area contributed by atoms with Crippen molar-refractivity contribution in [2.75, 3.05) is 27.7 Å². The van der Waals surface area contributed by atoms with Crippen molar-refractivity contribution in [3.63, 3.8) is 0 Å². The molecule has 0 bridgehead atoms. The average molecular weight is 451 g/mol. The molecule has 0 spiro atoms. The number of likely N-dealkylation sites (N-methyl/N-ethyl adjacent to an activating group) is 1. The lowest BCUT2D eigenvalue weighted by atomic mass is 10.1. The summed E-state index contributed by atoms with van der Waals surface area (Å²) in [6, 6.07) is 11.0. The normalized spacial score (nSPS) is 12.6. The lowest BCUT2D eigenvalue weighted by Crippen LogP contribution is -2.35. The summed E-state index contributed by atoms with van der Waals surface area (Å²) in [6.07, 6.45) is -4.92. The second-order valence-corrected chi connectivity index (χ2v) is 7.14. The fraction of sp³-hybridized carbons (Fsp3) is 0.286. The predicted molar refractivity (Wildman–Crippen MR) is 108 cm³/mol. The van der Waals surface area contributed by atoms with Crippen LogP contribution in [-0.4, -0.2) is 53.6 Å². The number of halogens is 4. The maximum atomic E-state index is 13.8. The van der Waals surface area contributed by atoms with Gasteiger partial charge in [0.2, 0.25) is 0 Å². The van der Waals surface area contributed by atoms with Crippen molar-refractivity contribution in [1.29, 1.82) is 0 Å². The number of carbonyl (C=O) groups excluding carboxylic acids is 1. The highest BCUT2D eigenvalue weighted by Crippen LogP contribution is 2.33. The third-order valence-electron chi connectivity index (χ3n) is 4.80. The van der Waals surface area contributed by atoms with E-state index in [0.717, 1.165) is 29.8 Å². The molecule has 7 nitrogen and oxygen atoms in total. The third kappa shape index (κ3) is 5.05. The van der Waals surface area contributed by atoms with Gasteiger partial charge >= 0.3 is 6.18 Å². The number of nitrogens with one attached hydrogen (secondary N) is 1. The molecule has 0 radical (unpaired) electrons. The van der Waals surface area contributed by atoms with Gasteiger partial charge in [0.15, 0.2) is 11.4 Å². The van der Waals surface area contributed by atoms with Crippen molar-refractivity contribution >= 4 is 5.91 Å². The molecule has 1 aromatic heterocycles. The molecule has 3 rings (SSSR count). The van der Waals surface area contributed by atoms with Crippen molar-refractivity contribution in [1.82, 2.24) is 25.2 Å². The molecule has 0 saturated heterocycles. The molecule has 0 aliphatic rings. The largest absolute Gasteiger partial charge is 0.497 e. The van der Waals surface area contributed by atoms with Crippen molar-refractivity contribution in [2.45, 2.75) is 12.2 Å². The number of nitrogens with zero attached hydrogens (tertiary/aromatic N) is 4. The molecule has 1 N–H and O–H groups in total. The fourth-order valence-electron chi connectivity index (χ4n) is 3.15. The van der Waals surface area contributed by atoms with Crippen LogP contribution in [0, 0.1) is 5.82 Å². The Morgan fingerprint density at radius 1 is 1.12 bits per heavy atom. The fourth-order valence-corrected chi connectivity index (χ4v) is 3.15. The van der Waals surface area contributed by atoms with Gasteiger partial charge in [0.1, 0.15) is 11.6 Å². The van der Waals surface area contributed by atoms with Gasteiger partial charge in [0.25, 0.3) is 5.91 Å². The Morgan fingerprint density at radius 2 is 1.75 bits per heavy atom. The first-order chi connectivity index (χ1) is 15.1. The summed E-state index contributed by atoms with van der Waals surface area (Å²) in [5, 5.41) is 9.44. The summed E-state index contributed by atoms with van der Waals surface area (Å²) in [5.41, 5.74) is -1.45. The molecular weight excluding hydrogens is 430 g/mol. The number of amides is 1. The highest BCUT2D eigenvalue weighted by Gasteiger charge is 2.42. The van der Waals surface area contributed by atoms with E-state index in [0.29, 0.717) is 10.4 Å². The number of benzene rings is 2. The van der Waals surface area contributed by atoms with Gasteiger partial charge in [-0.15, -0.1) is 5.10 Å².